The number of carbonyl (C=O) groups is 1. The van der Waals surface area contributed by atoms with Gasteiger partial charge in [-0.2, -0.15) is 0 Å². The van der Waals surface area contributed by atoms with Gasteiger partial charge in [-0.05, 0) is 70.1 Å². The molecule has 0 heterocycles. The monoisotopic (exact) mass is 328 g/mol. The van der Waals surface area contributed by atoms with Gasteiger partial charge in [0.15, 0.2) is 0 Å². The first-order chi connectivity index (χ1) is 12.1. The van der Waals surface area contributed by atoms with Gasteiger partial charge < -0.3 is 4.74 Å². The molecule has 2 heteroatoms. The standard InChI is InChI=1S/C23H20O2/c1-23-12-11-18-16-8-7-14(25-2)13-19(16)15-5-3-4-6-17(15)22(18)20(23)9-10-21(23)24/h3-9,13H,10-12H2,1-2H3. The molecule has 0 saturated heterocycles. The van der Waals surface area contributed by atoms with Crippen LogP contribution in [0.3, 0.4) is 0 Å². The minimum Gasteiger partial charge on any atom is -0.497 e. The predicted molar refractivity (Wildman–Crippen MR) is 102 cm³/mol. The number of ketones is 1. The average molecular weight is 328 g/mol. The second-order valence-electron chi connectivity index (χ2n) is 7.39. The van der Waals surface area contributed by atoms with Gasteiger partial charge in [0.25, 0.3) is 0 Å². The Morgan fingerprint density at radius 3 is 2.60 bits per heavy atom. The van der Waals surface area contributed by atoms with Crippen LogP contribution in [-0.4, -0.2) is 12.9 Å². The van der Waals surface area contributed by atoms with Crippen LogP contribution in [0.1, 0.15) is 30.9 Å². The smallest absolute Gasteiger partial charge is 0.146 e. The molecule has 0 saturated carbocycles. The van der Waals surface area contributed by atoms with Crippen molar-refractivity contribution in [3.05, 3.63) is 59.7 Å². The maximum absolute atomic E-state index is 12.6. The third-order valence-electron chi connectivity index (χ3n) is 6.19. The number of fused-ring (bicyclic) bond motifs is 8. The molecule has 2 aliphatic carbocycles. The van der Waals surface area contributed by atoms with Crippen molar-refractivity contribution in [1.29, 1.82) is 0 Å². The molecule has 0 aromatic heterocycles. The number of allylic oxidation sites excluding steroid dienone is 2. The third-order valence-corrected chi connectivity index (χ3v) is 6.19. The molecule has 2 aliphatic rings. The summed E-state index contributed by atoms with van der Waals surface area (Å²) in [7, 11) is 1.71. The van der Waals surface area contributed by atoms with Crippen molar-refractivity contribution in [3.63, 3.8) is 0 Å². The van der Waals surface area contributed by atoms with E-state index in [2.05, 4.69) is 49.4 Å². The number of aryl methyl sites for hydroxylation is 1. The van der Waals surface area contributed by atoms with Gasteiger partial charge in [-0.3, -0.25) is 4.79 Å². The molecule has 2 nitrogen and oxygen atoms in total. The summed E-state index contributed by atoms with van der Waals surface area (Å²) in [5.74, 6) is 1.25. The second kappa shape index (κ2) is 4.95. The van der Waals surface area contributed by atoms with Gasteiger partial charge >= 0.3 is 0 Å². The van der Waals surface area contributed by atoms with Crippen molar-refractivity contribution < 1.29 is 9.53 Å². The summed E-state index contributed by atoms with van der Waals surface area (Å²) in [5, 5.41) is 5.02. The number of hydrogen-bond donors (Lipinski definition) is 0. The summed E-state index contributed by atoms with van der Waals surface area (Å²) in [6.07, 6.45) is 4.59. The van der Waals surface area contributed by atoms with Gasteiger partial charge in [0.1, 0.15) is 11.5 Å². The molecule has 0 bridgehead atoms. The molecule has 0 amide bonds. The second-order valence-corrected chi connectivity index (χ2v) is 7.39. The fourth-order valence-corrected chi connectivity index (χ4v) is 4.76. The van der Waals surface area contributed by atoms with Gasteiger partial charge in [-0.1, -0.05) is 36.4 Å². The van der Waals surface area contributed by atoms with Crippen molar-refractivity contribution in [2.75, 3.05) is 7.11 Å². The van der Waals surface area contributed by atoms with Crippen molar-refractivity contribution in [3.8, 4) is 5.75 Å². The zero-order valence-electron chi connectivity index (χ0n) is 14.6. The number of benzene rings is 3. The highest BCUT2D eigenvalue weighted by Crippen LogP contribution is 2.53. The van der Waals surface area contributed by atoms with Crippen molar-refractivity contribution in [2.45, 2.75) is 26.2 Å². The zero-order chi connectivity index (χ0) is 17.2. The largest absolute Gasteiger partial charge is 0.497 e. The fourth-order valence-electron chi connectivity index (χ4n) is 4.76. The lowest BCUT2D eigenvalue weighted by atomic mass is 9.67. The molecule has 1 atom stereocenters. The lowest BCUT2D eigenvalue weighted by Gasteiger charge is -2.34. The summed E-state index contributed by atoms with van der Waals surface area (Å²) in [6, 6.07) is 14.9. The Labute approximate surface area is 147 Å². The van der Waals surface area contributed by atoms with Crippen LogP contribution in [-0.2, 0) is 11.2 Å². The van der Waals surface area contributed by atoms with Crippen LogP contribution in [0.25, 0.3) is 27.1 Å². The van der Waals surface area contributed by atoms with Gasteiger partial charge in [0.05, 0.1) is 12.5 Å². The van der Waals surface area contributed by atoms with Crippen molar-refractivity contribution >= 4 is 32.9 Å². The lowest BCUT2D eigenvalue weighted by Crippen LogP contribution is -2.29. The molecule has 124 valence electrons. The first-order valence-corrected chi connectivity index (χ1v) is 8.89. The predicted octanol–water partition coefficient (Wildman–Crippen LogP) is 5.31. The van der Waals surface area contributed by atoms with E-state index >= 15 is 0 Å². The molecule has 0 radical (unpaired) electrons. The van der Waals surface area contributed by atoms with E-state index in [0.29, 0.717) is 12.2 Å². The van der Waals surface area contributed by atoms with Crippen LogP contribution in [0.4, 0.5) is 0 Å². The summed E-state index contributed by atoms with van der Waals surface area (Å²) in [5.41, 5.74) is 3.62. The van der Waals surface area contributed by atoms with Crippen LogP contribution in [0.5, 0.6) is 5.75 Å². The number of ether oxygens (including phenoxy) is 1. The Hall–Kier alpha value is -2.61. The molecule has 0 N–H and O–H groups in total. The van der Waals surface area contributed by atoms with Crippen LogP contribution < -0.4 is 4.74 Å². The maximum atomic E-state index is 12.6. The Balaban J connectivity index is 1.96. The molecule has 25 heavy (non-hydrogen) atoms. The van der Waals surface area contributed by atoms with Crippen LogP contribution >= 0.6 is 0 Å². The van der Waals surface area contributed by atoms with Crippen LogP contribution in [0, 0.1) is 5.41 Å². The lowest BCUT2D eigenvalue weighted by molar-refractivity contribution is -0.123. The Morgan fingerprint density at radius 2 is 1.80 bits per heavy atom. The minimum absolute atomic E-state index is 0.310. The maximum Gasteiger partial charge on any atom is 0.146 e. The summed E-state index contributed by atoms with van der Waals surface area (Å²) < 4.78 is 5.46. The Bertz CT molecular complexity index is 1090. The van der Waals surface area contributed by atoms with E-state index in [1.807, 2.05) is 6.07 Å². The van der Waals surface area contributed by atoms with Gasteiger partial charge in [0.2, 0.25) is 0 Å². The molecule has 0 spiro atoms. The molecule has 0 fully saturated rings. The summed E-state index contributed by atoms with van der Waals surface area (Å²) in [6.45, 7) is 2.13. The molecule has 1 unspecified atom stereocenters. The summed E-state index contributed by atoms with van der Waals surface area (Å²) in [4.78, 5) is 12.6. The first kappa shape index (κ1) is 14.7. The van der Waals surface area contributed by atoms with Crippen LogP contribution in [0.15, 0.2) is 48.5 Å². The summed E-state index contributed by atoms with van der Waals surface area (Å²) >= 11 is 0. The average Bonchev–Trinajstić information content (AvgIpc) is 2.96. The first-order valence-electron chi connectivity index (χ1n) is 8.89. The quantitative estimate of drug-likeness (QED) is 0.566. The molecule has 5 rings (SSSR count). The fraction of sp³-hybridized carbons (Fsp3) is 0.261. The number of hydrogen-bond acceptors (Lipinski definition) is 2. The topological polar surface area (TPSA) is 26.3 Å². The zero-order valence-corrected chi connectivity index (χ0v) is 14.6. The molecule has 3 aromatic carbocycles. The van der Waals surface area contributed by atoms with E-state index in [4.69, 9.17) is 4.74 Å². The van der Waals surface area contributed by atoms with Crippen molar-refractivity contribution in [1.82, 2.24) is 0 Å². The third kappa shape index (κ3) is 1.82. The SMILES string of the molecule is COc1ccc2c3c(c4ccccc4c2c1)C1=CCC(=O)C1(C)CC3. The highest BCUT2D eigenvalue weighted by molar-refractivity contribution is 6.17. The molecular weight excluding hydrogens is 308 g/mol. The van der Waals surface area contributed by atoms with Crippen LogP contribution in [0.2, 0.25) is 0 Å². The van der Waals surface area contributed by atoms with E-state index < -0.39 is 0 Å². The van der Waals surface area contributed by atoms with E-state index in [1.54, 1.807) is 7.11 Å². The number of Topliss-reactive ketones (excluding diaryl/α,β-unsaturated/α-hetero) is 1. The minimum atomic E-state index is -0.310. The molecule has 0 aliphatic heterocycles. The highest BCUT2D eigenvalue weighted by Gasteiger charge is 2.44. The van der Waals surface area contributed by atoms with E-state index in [0.717, 1.165) is 18.6 Å². The van der Waals surface area contributed by atoms with Gasteiger partial charge in [0, 0.05) is 6.42 Å². The van der Waals surface area contributed by atoms with E-state index in [9.17, 15) is 4.79 Å². The molecule has 3 aromatic rings. The Kier molecular flexibility index (Phi) is 2.91. The number of methoxy groups -OCH3 is 1. The van der Waals surface area contributed by atoms with Gasteiger partial charge in [-0.25, -0.2) is 0 Å². The van der Waals surface area contributed by atoms with Gasteiger partial charge in [-0.15, -0.1) is 0 Å². The van der Waals surface area contributed by atoms with Crippen molar-refractivity contribution in [2.24, 2.45) is 5.41 Å². The van der Waals surface area contributed by atoms with E-state index in [-0.39, 0.29) is 5.41 Å². The Morgan fingerprint density at radius 1 is 1.00 bits per heavy atom. The van der Waals surface area contributed by atoms with E-state index in [1.165, 1.54) is 38.2 Å². The number of rotatable bonds is 1. The normalized spacial score (nSPS) is 22.0. The number of carbonyl (C=O) groups excluding carboxylic acids is 1. The highest BCUT2D eigenvalue weighted by atomic mass is 16.5. The molecular formula is C23H20O2.